The summed E-state index contributed by atoms with van der Waals surface area (Å²) >= 11 is 3.06. The quantitative estimate of drug-likeness (QED) is 0.876. The topological polar surface area (TPSA) is 47.0 Å². The molecule has 0 unspecified atom stereocenters. The van der Waals surface area contributed by atoms with E-state index in [2.05, 4.69) is 31.4 Å². The predicted octanol–water partition coefficient (Wildman–Crippen LogP) is 3.03. The third kappa shape index (κ3) is 3.45. The molecule has 0 bridgehead atoms. The Labute approximate surface area is 116 Å². The van der Waals surface area contributed by atoms with E-state index in [1.165, 1.54) is 12.1 Å². The van der Waals surface area contributed by atoms with Crippen LogP contribution in [0, 0.1) is 11.6 Å². The summed E-state index contributed by atoms with van der Waals surface area (Å²) in [6, 6.07) is 5.56. The third-order valence-electron chi connectivity index (χ3n) is 2.23. The minimum Gasteiger partial charge on any atom is -0.434 e. The Morgan fingerprint density at radius 1 is 1.26 bits per heavy atom. The lowest BCUT2D eigenvalue weighted by Crippen LogP contribution is -2.07. The van der Waals surface area contributed by atoms with Gasteiger partial charge >= 0.3 is 0 Å². The van der Waals surface area contributed by atoms with Crippen LogP contribution in [0.2, 0.25) is 0 Å². The summed E-state index contributed by atoms with van der Waals surface area (Å²) in [4.78, 5) is 0. The van der Waals surface area contributed by atoms with Gasteiger partial charge in [0.05, 0.1) is 5.69 Å². The number of rotatable bonds is 4. The molecule has 0 aliphatic rings. The molecular weight excluding hydrogens is 320 g/mol. The van der Waals surface area contributed by atoms with Crippen molar-refractivity contribution in [3.63, 3.8) is 0 Å². The molecule has 2 rings (SSSR count). The van der Waals surface area contributed by atoms with Gasteiger partial charge in [0.25, 0.3) is 0 Å². The Morgan fingerprint density at radius 2 is 2.05 bits per heavy atom. The average molecular weight is 330 g/mol. The van der Waals surface area contributed by atoms with E-state index in [0.717, 1.165) is 11.8 Å². The van der Waals surface area contributed by atoms with Crippen LogP contribution in [-0.2, 0) is 6.54 Å². The van der Waals surface area contributed by atoms with Crippen LogP contribution in [-0.4, -0.2) is 17.2 Å². The fourth-order valence-electron chi connectivity index (χ4n) is 1.40. The van der Waals surface area contributed by atoms with Gasteiger partial charge in [-0.2, -0.15) is 9.49 Å². The summed E-state index contributed by atoms with van der Waals surface area (Å²) in [7, 11) is 1.78. The zero-order valence-electron chi connectivity index (χ0n) is 9.95. The molecule has 1 aromatic carbocycles. The van der Waals surface area contributed by atoms with E-state index in [4.69, 9.17) is 4.74 Å². The van der Waals surface area contributed by atoms with Crippen molar-refractivity contribution in [2.45, 2.75) is 6.54 Å². The van der Waals surface area contributed by atoms with E-state index < -0.39 is 11.6 Å². The van der Waals surface area contributed by atoms with Crippen LogP contribution in [0.15, 0.2) is 28.7 Å². The normalized spacial score (nSPS) is 10.5. The standard InChI is InChI=1S/C12H10BrF2N3O/c1-16-6-8-2-3-11(18-17-8)19-10-5-7(13)4-9(14)12(10)15/h2-5,16H,6H2,1H3. The molecule has 19 heavy (non-hydrogen) atoms. The first-order chi connectivity index (χ1) is 9.10. The molecule has 0 atom stereocenters. The molecular formula is C12H10BrF2N3O. The molecule has 2 aromatic rings. The Morgan fingerprint density at radius 3 is 2.68 bits per heavy atom. The van der Waals surface area contributed by atoms with E-state index >= 15 is 0 Å². The average Bonchev–Trinajstić information content (AvgIpc) is 2.38. The lowest BCUT2D eigenvalue weighted by molar-refractivity contribution is 0.400. The molecule has 100 valence electrons. The lowest BCUT2D eigenvalue weighted by Gasteiger charge is -2.07. The largest absolute Gasteiger partial charge is 0.434 e. The van der Waals surface area contributed by atoms with Gasteiger partial charge in [-0.15, -0.1) is 5.10 Å². The zero-order chi connectivity index (χ0) is 13.8. The highest BCUT2D eigenvalue weighted by molar-refractivity contribution is 9.10. The van der Waals surface area contributed by atoms with Crippen molar-refractivity contribution in [1.29, 1.82) is 0 Å². The number of hydrogen-bond donors (Lipinski definition) is 1. The van der Waals surface area contributed by atoms with Crippen LogP contribution in [0.1, 0.15) is 5.69 Å². The second-order valence-electron chi connectivity index (χ2n) is 3.70. The Balaban J connectivity index is 2.21. The summed E-state index contributed by atoms with van der Waals surface area (Å²) in [5.41, 5.74) is 0.718. The maximum absolute atomic E-state index is 13.5. The molecule has 0 fully saturated rings. The molecule has 1 N–H and O–H groups in total. The summed E-state index contributed by atoms with van der Waals surface area (Å²) in [5, 5.41) is 10.6. The maximum Gasteiger partial charge on any atom is 0.239 e. The van der Waals surface area contributed by atoms with Gasteiger partial charge in [-0.25, -0.2) is 4.39 Å². The van der Waals surface area contributed by atoms with Crippen LogP contribution < -0.4 is 10.1 Å². The van der Waals surface area contributed by atoms with Crippen molar-refractivity contribution in [3.05, 3.63) is 46.1 Å². The lowest BCUT2D eigenvalue weighted by atomic mass is 10.3. The second kappa shape index (κ2) is 6.03. The summed E-state index contributed by atoms with van der Waals surface area (Å²) in [5.74, 6) is -2.22. The van der Waals surface area contributed by atoms with E-state index in [9.17, 15) is 8.78 Å². The van der Waals surface area contributed by atoms with Crippen LogP contribution in [0.25, 0.3) is 0 Å². The third-order valence-corrected chi connectivity index (χ3v) is 2.69. The number of nitrogens with one attached hydrogen (secondary N) is 1. The Hall–Kier alpha value is -1.60. The molecule has 0 amide bonds. The second-order valence-corrected chi connectivity index (χ2v) is 4.61. The van der Waals surface area contributed by atoms with Gasteiger partial charge in [0.1, 0.15) is 0 Å². The van der Waals surface area contributed by atoms with Gasteiger partial charge in [0.15, 0.2) is 11.6 Å². The number of aromatic nitrogens is 2. The fourth-order valence-corrected chi connectivity index (χ4v) is 1.81. The highest BCUT2D eigenvalue weighted by Crippen LogP contribution is 2.28. The number of halogens is 3. The maximum atomic E-state index is 13.5. The molecule has 0 aliphatic heterocycles. The Kier molecular flexibility index (Phi) is 4.39. The van der Waals surface area contributed by atoms with E-state index in [1.807, 2.05) is 0 Å². The molecule has 0 saturated heterocycles. The van der Waals surface area contributed by atoms with E-state index in [-0.39, 0.29) is 11.6 Å². The van der Waals surface area contributed by atoms with Gasteiger partial charge < -0.3 is 10.1 Å². The van der Waals surface area contributed by atoms with Crippen LogP contribution in [0.4, 0.5) is 8.78 Å². The molecule has 0 spiro atoms. The SMILES string of the molecule is CNCc1ccc(Oc2cc(Br)cc(F)c2F)nn1. The van der Waals surface area contributed by atoms with Crippen LogP contribution in [0.5, 0.6) is 11.6 Å². The van der Waals surface area contributed by atoms with Gasteiger partial charge in [0.2, 0.25) is 11.7 Å². The number of benzene rings is 1. The van der Waals surface area contributed by atoms with Crippen molar-refractivity contribution < 1.29 is 13.5 Å². The molecule has 1 heterocycles. The van der Waals surface area contributed by atoms with Crippen molar-refractivity contribution in [2.24, 2.45) is 0 Å². The predicted molar refractivity (Wildman–Crippen MR) is 68.9 cm³/mol. The highest BCUT2D eigenvalue weighted by Gasteiger charge is 2.12. The minimum absolute atomic E-state index is 0.0938. The van der Waals surface area contributed by atoms with Gasteiger partial charge in [-0.3, -0.25) is 0 Å². The molecule has 1 aromatic heterocycles. The fraction of sp³-hybridized carbons (Fsp3) is 0.167. The first kappa shape index (κ1) is 13.8. The molecule has 0 radical (unpaired) electrons. The Bertz CT molecular complexity index is 578. The van der Waals surface area contributed by atoms with Crippen molar-refractivity contribution >= 4 is 15.9 Å². The highest BCUT2D eigenvalue weighted by atomic mass is 79.9. The minimum atomic E-state index is -1.07. The zero-order valence-corrected chi connectivity index (χ0v) is 11.5. The smallest absolute Gasteiger partial charge is 0.239 e. The van der Waals surface area contributed by atoms with E-state index in [1.54, 1.807) is 13.1 Å². The molecule has 4 nitrogen and oxygen atoms in total. The van der Waals surface area contributed by atoms with Gasteiger partial charge in [-0.05, 0) is 25.2 Å². The van der Waals surface area contributed by atoms with Gasteiger partial charge in [0, 0.05) is 17.1 Å². The van der Waals surface area contributed by atoms with Crippen LogP contribution >= 0.6 is 15.9 Å². The molecule has 0 aliphatic carbocycles. The number of nitrogens with zero attached hydrogens (tertiary/aromatic N) is 2. The summed E-state index contributed by atoms with van der Waals surface area (Å²) in [6.07, 6.45) is 0. The molecule has 7 heteroatoms. The van der Waals surface area contributed by atoms with Crippen molar-refractivity contribution in [2.75, 3.05) is 7.05 Å². The van der Waals surface area contributed by atoms with Crippen molar-refractivity contribution in [1.82, 2.24) is 15.5 Å². The first-order valence-electron chi connectivity index (χ1n) is 5.39. The summed E-state index contributed by atoms with van der Waals surface area (Å²) in [6.45, 7) is 0.563. The first-order valence-corrected chi connectivity index (χ1v) is 6.19. The monoisotopic (exact) mass is 329 g/mol. The van der Waals surface area contributed by atoms with Crippen LogP contribution in [0.3, 0.4) is 0 Å². The molecule has 0 saturated carbocycles. The number of ether oxygens (including phenoxy) is 1. The number of hydrogen-bond acceptors (Lipinski definition) is 4. The van der Waals surface area contributed by atoms with Crippen molar-refractivity contribution in [3.8, 4) is 11.6 Å². The van der Waals surface area contributed by atoms with E-state index in [0.29, 0.717) is 11.0 Å². The van der Waals surface area contributed by atoms with Gasteiger partial charge in [-0.1, -0.05) is 15.9 Å². The summed E-state index contributed by atoms with van der Waals surface area (Å²) < 4.78 is 32.2.